The number of rotatable bonds is 1. The number of nitrogens with two attached hydrogens (primary N) is 1. The smallest absolute Gasteiger partial charge is 0.123 e. The molecule has 1 aromatic carbocycles. The number of hydrogen-bond donors (Lipinski definition) is 1. The van der Waals surface area contributed by atoms with Gasteiger partial charge in [0.25, 0.3) is 0 Å². The maximum atomic E-state index is 6.16. The van der Waals surface area contributed by atoms with Crippen molar-refractivity contribution in [3.8, 4) is 11.1 Å². The van der Waals surface area contributed by atoms with E-state index in [2.05, 4.69) is 4.98 Å². The van der Waals surface area contributed by atoms with Crippen LogP contribution in [0.2, 0.25) is 15.1 Å². The lowest BCUT2D eigenvalue weighted by Crippen LogP contribution is -1.93. The number of nitrogen functional groups attached to an aromatic ring is 1. The lowest BCUT2D eigenvalue weighted by atomic mass is 10.0. The van der Waals surface area contributed by atoms with Crippen molar-refractivity contribution < 1.29 is 0 Å². The van der Waals surface area contributed by atoms with E-state index in [1.165, 1.54) is 0 Å². The predicted octanol–water partition coefficient (Wildman–Crippen LogP) is 4.60. The van der Waals surface area contributed by atoms with Gasteiger partial charge in [0.05, 0.1) is 10.0 Å². The fourth-order valence-corrected chi connectivity index (χ4v) is 2.21. The van der Waals surface area contributed by atoms with Gasteiger partial charge in [0.1, 0.15) is 5.82 Å². The summed E-state index contributed by atoms with van der Waals surface area (Å²) in [6.45, 7) is 1.93. The van der Waals surface area contributed by atoms with Crippen LogP contribution in [-0.4, -0.2) is 4.98 Å². The molecule has 0 saturated heterocycles. The third-order valence-electron chi connectivity index (χ3n) is 2.42. The Balaban J connectivity index is 2.68. The number of anilines is 1. The molecule has 5 heteroatoms. The molecule has 1 aromatic heterocycles. The summed E-state index contributed by atoms with van der Waals surface area (Å²) in [7, 11) is 0. The minimum Gasteiger partial charge on any atom is -0.384 e. The van der Waals surface area contributed by atoms with Crippen LogP contribution < -0.4 is 5.73 Å². The molecule has 0 aliphatic carbocycles. The summed E-state index contributed by atoms with van der Waals surface area (Å²) in [4.78, 5) is 4.01. The molecule has 0 atom stereocenters. The zero-order valence-electron chi connectivity index (χ0n) is 8.97. The topological polar surface area (TPSA) is 38.9 Å². The summed E-state index contributed by atoms with van der Waals surface area (Å²) < 4.78 is 0. The summed E-state index contributed by atoms with van der Waals surface area (Å²) in [6, 6.07) is 5.12. The Morgan fingerprint density at radius 1 is 0.941 bits per heavy atom. The molecule has 0 unspecified atom stereocenters. The monoisotopic (exact) mass is 286 g/mol. The van der Waals surface area contributed by atoms with E-state index in [4.69, 9.17) is 40.5 Å². The van der Waals surface area contributed by atoms with E-state index in [9.17, 15) is 0 Å². The number of pyridine rings is 1. The molecule has 2 rings (SSSR count). The first kappa shape index (κ1) is 12.5. The highest BCUT2D eigenvalue weighted by atomic mass is 35.5. The molecular formula is C12H9Cl3N2. The minimum atomic E-state index is 0.431. The fourth-order valence-electron chi connectivity index (χ4n) is 1.56. The van der Waals surface area contributed by atoms with Crippen molar-refractivity contribution in [3.05, 3.63) is 45.0 Å². The predicted molar refractivity (Wildman–Crippen MR) is 73.9 cm³/mol. The molecule has 0 bridgehead atoms. The van der Waals surface area contributed by atoms with Gasteiger partial charge >= 0.3 is 0 Å². The van der Waals surface area contributed by atoms with Crippen molar-refractivity contribution in [2.45, 2.75) is 6.92 Å². The van der Waals surface area contributed by atoms with E-state index in [1.807, 2.05) is 6.92 Å². The van der Waals surface area contributed by atoms with E-state index in [-0.39, 0.29) is 0 Å². The molecule has 88 valence electrons. The molecule has 2 nitrogen and oxygen atoms in total. The number of aromatic nitrogens is 1. The maximum Gasteiger partial charge on any atom is 0.123 e. The Morgan fingerprint density at radius 3 is 2.29 bits per heavy atom. The fraction of sp³-hybridized carbons (Fsp3) is 0.0833. The molecule has 2 aromatic rings. The molecule has 17 heavy (non-hydrogen) atoms. The molecule has 0 aliphatic heterocycles. The van der Waals surface area contributed by atoms with Gasteiger partial charge in [0.15, 0.2) is 0 Å². The first-order valence-electron chi connectivity index (χ1n) is 4.86. The van der Waals surface area contributed by atoms with E-state index >= 15 is 0 Å². The number of halogens is 3. The normalized spacial score (nSPS) is 10.6. The second-order valence-electron chi connectivity index (χ2n) is 3.67. The number of nitrogens with zero attached hydrogens (tertiary/aromatic N) is 1. The maximum absolute atomic E-state index is 6.16. The average Bonchev–Trinajstić information content (AvgIpc) is 2.27. The minimum absolute atomic E-state index is 0.431. The second kappa shape index (κ2) is 4.73. The van der Waals surface area contributed by atoms with E-state index in [0.29, 0.717) is 20.9 Å². The standard InChI is InChI=1S/C12H9Cl3N2/c1-6-5-17-12(16)3-7(6)8-2-10(14)11(15)4-9(8)13/h2-5H,1H3,(H2,16,17). The van der Waals surface area contributed by atoms with Crippen LogP contribution in [0, 0.1) is 6.92 Å². The summed E-state index contributed by atoms with van der Waals surface area (Å²) in [6.07, 6.45) is 1.70. The molecule has 0 radical (unpaired) electrons. The summed E-state index contributed by atoms with van der Waals surface area (Å²) in [5.41, 5.74) is 8.34. The van der Waals surface area contributed by atoms with Crippen molar-refractivity contribution in [1.29, 1.82) is 0 Å². The van der Waals surface area contributed by atoms with Gasteiger partial charge in [-0.05, 0) is 36.2 Å². The largest absolute Gasteiger partial charge is 0.384 e. The van der Waals surface area contributed by atoms with Crippen LogP contribution in [0.1, 0.15) is 5.56 Å². The molecule has 2 N–H and O–H groups in total. The Hall–Kier alpha value is -0.960. The van der Waals surface area contributed by atoms with Crippen LogP contribution in [0.25, 0.3) is 11.1 Å². The Morgan fingerprint density at radius 2 is 1.59 bits per heavy atom. The van der Waals surface area contributed by atoms with E-state index in [1.54, 1.807) is 24.4 Å². The van der Waals surface area contributed by atoms with Crippen LogP contribution in [0.15, 0.2) is 24.4 Å². The van der Waals surface area contributed by atoms with Crippen LogP contribution in [0.4, 0.5) is 5.82 Å². The number of aryl methyl sites for hydroxylation is 1. The first-order chi connectivity index (χ1) is 7.99. The third kappa shape index (κ3) is 2.49. The lowest BCUT2D eigenvalue weighted by Gasteiger charge is -2.10. The van der Waals surface area contributed by atoms with Crippen molar-refractivity contribution in [2.75, 3.05) is 5.73 Å². The molecule has 1 heterocycles. The van der Waals surface area contributed by atoms with Gasteiger partial charge in [-0.1, -0.05) is 34.8 Å². The zero-order chi connectivity index (χ0) is 12.6. The highest BCUT2D eigenvalue weighted by Gasteiger charge is 2.10. The van der Waals surface area contributed by atoms with Crippen LogP contribution in [0.5, 0.6) is 0 Å². The van der Waals surface area contributed by atoms with Gasteiger partial charge in [0.2, 0.25) is 0 Å². The van der Waals surface area contributed by atoms with Gasteiger partial charge in [-0.15, -0.1) is 0 Å². The first-order valence-corrected chi connectivity index (χ1v) is 5.99. The van der Waals surface area contributed by atoms with Crippen LogP contribution in [-0.2, 0) is 0 Å². The van der Waals surface area contributed by atoms with Crippen molar-refractivity contribution >= 4 is 40.6 Å². The Bertz CT molecular complexity index is 582. The van der Waals surface area contributed by atoms with E-state index in [0.717, 1.165) is 16.7 Å². The summed E-state index contributed by atoms with van der Waals surface area (Å²) in [5, 5.41) is 1.43. The number of benzene rings is 1. The van der Waals surface area contributed by atoms with Crippen molar-refractivity contribution in [3.63, 3.8) is 0 Å². The van der Waals surface area contributed by atoms with E-state index < -0.39 is 0 Å². The molecule has 0 spiro atoms. The quantitative estimate of drug-likeness (QED) is 0.779. The lowest BCUT2D eigenvalue weighted by molar-refractivity contribution is 1.28. The van der Waals surface area contributed by atoms with Crippen molar-refractivity contribution in [2.24, 2.45) is 0 Å². The molecule has 0 saturated carbocycles. The average molecular weight is 288 g/mol. The summed E-state index contributed by atoms with van der Waals surface area (Å²) >= 11 is 18.0. The van der Waals surface area contributed by atoms with Gasteiger partial charge in [0, 0.05) is 16.8 Å². The molecular weight excluding hydrogens is 279 g/mol. The third-order valence-corrected chi connectivity index (χ3v) is 3.46. The Labute approximate surface area is 114 Å². The molecule has 0 amide bonds. The van der Waals surface area contributed by atoms with Gasteiger partial charge in [-0.3, -0.25) is 0 Å². The van der Waals surface area contributed by atoms with Gasteiger partial charge in [-0.25, -0.2) is 4.98 Å². The molecule has 0 fully saturated rings. The van der Waals surface area contributed by atoms with Crippen LogP contribution in [0.3, 0.4) is 0 Å². The highest BCUT2D eigenvalue weighted by molar-refractivity contribution is 6.44. The number of hydrogen-bond acceptors (Lipinski definition) is 2. The highest BCUT2D eigenvalue weighted by Crippen LogP contribution is 2.36. The van der Waals surface area contributed by atoms with Crippen molar-refractivity contribution in [1.82, 2.24) is 4.98 Å². The van der Waals surface area contributed by atoms with Gasteiger partial charge in [-0.2, -0.15) is 0 Å². The zero-order valence-corrected chi connectivity index (χ0v) is 11.2. The summed E-state index contributed by atoms with van der Waals surface area (Å²) in [5.74, 6) is 0.438. The Kier molecular flexibility index (Phi) is 3.48. The van der Waals surface area contributed by atoms with Crippen LogP contribution >= 0.6 is 34.8 Å². The molecule has 0 aliphatic rings. The SMILES string of the molecule is Cc1cnc(N)cc1-c1cc(Cl)c(Cl)cc1Cl. The second-order valence-corrected chi connectivity index (χ2v) is 4.89. The van der Waals surface area contributed by atoms with Gasteiger partial charge < -0.3 is 5.73 Å².